The Hall–Kier alpha value is -9.58. The molecule has 5 aromatic heterocycles. The van der Waals surface area contributed by atoms with Crippen LogP contribution in [0, 0.1) is 0 Å². The van der Waals surface area contributed by atoms with Crippen LogP contribution in [0.3, 0.4) is 0 Å². The van der Waals surface area contributed by atoms with Gasteiger partial charge in [-0.15, -0.1) is 0 Å². The van der Waals surface area contributed by atoms with Crippen LogP contribution in [0.1, 0.15) is 0 Å². The molecule has 0 saturated heterocycles. The van der Waals surface area contributed by atoms with Crippen molar-refractivity contribution in [3.05, 3.63) is 249 Å². The molecule has 11 aromatic carbocycles. The summed E-state index contributed by atoms with van der Waals surface area (Å²) in [5, 5.41) is 12.4. The van der Waals surface area contributed by atoms with Crippen molar-refractivity contribution in [2.24, 2.45) is 0 Å². The second-order valence-corrected chi connectivity index (χ2v) is 18.9. The van der Waals surface area contributed by atoms with Crippen LogP contribution in [0.15, 0.2) is 249 Å². The lowest BCUT2D eigenvalue weighted by atomic mass is 10.1. The summed E-state index contributed by atoms with van der Waals surface area (Å²) in [6, 6.07) is 91.5. The molecule has 5 nitrogen and oxygen atoms in total. The maximum atomic E-state index is 2.51. The Balaban J connectivity index is 0.935. The van der Waals surface area contributed by atoms with Crippen LogP contribution in [-0.4, -0.2) is 22.8 Å². The fraction of sp³-hybridized carbons (Fsp3) is 0. The first-order valence-corrected chi connectivity index (χ1v) is 24.4. The second-order valence-electron chi connectivity index (χ2n) is 18.9. The van der Waals surface area contributed by atoms with E-state index in [1.165, 1.54) is 104 Å². The van der Waals surface area contributed by atoms with E-state index in [0.717, 1.165) is 34.0 Å². The normalized spacial score (nSPS) is 12.2. The van der Waals surface area contributed by atoms with Gasteiger partial charge >= 0.3 is 0 Å². The highest BCUT2D eigenvalue weighted by atomic mass is 15.0. The lowest BCUT2D eigenvalue weighted by molar-refractivity contribution is 1.13. The Bertz CT molecular complexity index is 4830. The zero-order valence-electron chi connectivity index (χ0n) is 38.4. The minimum atomic E-state index is 1.11. The highest BCUT2D eigenvalue weighted by molar-refractivity contribution is 6.26. The lowest BCUT2D eigenvalue weighted by Gasteiger charge is -2.14. The first kappa shape index (κ1) is 38.4. The summed E-state index contributed by atoms with van der Waals surface area (Å²) in [5.41, 5.74) is 17.5. The summed E-state index contributed by atoms with van der Waals surface area (Å²) < 4.78 is 12.3. The van der Waals surface area contributed by atoms with Crippen LogP contribution in [0.4, 0.5) is 0 Å². The zero-order valence-corrected chi connectivity index (χ0v) is 38.4. The molecule has 16 aromatic rings. The minimum Gasteiger partial charge on any atom is -0.309 e. The molecule has 0 amide bonds. The molecule has 0 radical (unpaired) electrons. The summed E-state index contributed by atoms with van der Waals surface area (Å²) in [7, 11) is 0. The Kier molecular flexibility index (Phi) is 7.82. The Morgan fingerprint density at radius 2 is 0.493 bits per heavy atom. The van der Waals surface area contributed by atoms with Gasteiger partial charge in [0.1, 0.15) is 0 Å². The van der Waals surface area contributed by atoms with Crippen LogP contribution >= 0.6 is 0 Å². The first-order chi connectivity index (χ1) is 35.3. The molecule has 0 fully saturated rings. The molecular weight excluding hydrogens is 863 g/mol. The highest BCUT2D eigenvalue weighted by Crippen LogP contribution is 2.44. The van der Waals surface area contributed by atoms with Gasteiger partial charge in [0.05, 0.1) is 55.2 Å². The van der Waals surface area contributed by atoms with E-state index in [1.54, 1.807) is 0 Å². The van der Waals surface area contributed by atoms with E-state index in [2.05, 4.69) is 272 Å². The lowest BCUT2D eigenvalue weighted by Crippen LogP contribution is -1.99. The number of rotatable bonds is 5. The van der Waals surface area contributed by atoms with E-state index < -0.39 is 0 Å². The predicted molar refractivity (Wildman–Crippen MR) is 298 cm³/mol. The quantitative estimate of drug-likeness (QED) is 0.164. The van der Waals surface area contributed by atoms with Crippen molar-refractivity contribution in [2.75, 3.05) is 0 Å². The topological polar surface area (TPSA) is 24.6 Å². The van der Waals surface area contributed by atoms with Crippen molar-refractivity contribution in [2.45, 2.75) is 0 Å². The van der Waals surface area contributed by atoms with E-state index in [1.807, 2.05) is 0 Å². The van der Waals surface area contributed by atoms with Crippen molar-refractivity contribution in [1.29, 1.82) is 0 Å². The third kappa shape index (κ3) is 5.29. The molecule has 0 spiro atoms. The molecule has 0 aliphatic heterocycles. The molecule has 0 aliphatic carbocycles. The van der Waals surface area contributed by atoms with Gasteiger partial charge < -0.3 is 22.8 Å². The molecule has 71 heavy (non-hydrogen) atoms. The zero-order chi connectivity index (χ0) is 46.3. The van der Waals surface area contributed by atoms with Gasteiger partial charge in [-0.05, 0) is 103 Å². The standard InChI is InChI=1S/C66H41N5/c1-2-18-42(19-3-1)67-58-32-12-7-27-50(58)54-41-64-55(40-63(54)67)51-28-8-13-33-59(51)70(64)45-22-16-21-44(38-45)69-61-35-15-9-29-53(61)65-62(69)37-36-52-49-26-6-14-34-60(49)71(66(52)65)46-23-17-20-43(39-46)68-56-30-10-4-24-47(56)48-25-5-11-31-57(48)68/h1-41H. The molecule has 0 bridgehead atoms. The molecule has 0 unspecified atom stereocenters. The number of fused-ring (bicyclic) bond motifs is 16. The number of hydrogen-bond donors (Lipinski definition) is 0. The van der Waals surface area contributed by atoms with Crippen molar-refractivity contribution in [3.8, 4) is 28.4 Å². The molecule has 0 atom stereocenters. The van der Waals surface area contributed by atoms with E-state index >= 15 is 0 Å². The van der Waals surface area contributed by atoms with Crippen molar-refractivity contribution < 1.29 is 0 Å². The molecule has 5 heteroatoms. The van der Waals surface area contributed by atoms with E-state index in [4.69, 9.17) is 0 Å². The van der Waals surface area contributed by atoms with Crippen LogP contribution in [-0.2, 0) is 0 Å². The fourth-order valence-electron chi connectivity index (χ4n) is 12.4. The minimum absolute atomic E-state index is 1.11. The maximum absolute atomic E-state index is 2.51. The van der Waals surface area contributed by atoms with Gasteiger partial charge in [0.25, 0.3) is 0 Å². The van der Waals surface area contributed by atoms with Crippen molar-refractivity contribution >= 4 is 109 Å². The predicted octanol–water partition coefficient (Wildman–Crippen LogP) is 17.2. The van der Waals surface area contributed by atoms with Crippen molar-refractivity contribution in [3.63, 3.8) is 0 Å². The van der Waals surface area contributed by atoms with Gasteiger partial charge in [-0.25, -0.2) is 0 Å². The van der Waals surface area contributed by atoms with Crippen LogP contribution in [0.5, 0.6) is 0 Å². The van der Waals surface area contributed by atoms with Gasteiger partial charge in [0.15, 0.2) is 0 Å². The molecule has 330 valence electrons. The summed E-state index contributed by atoms with van der Waals surface area (Å²) in [4.78, 5) is 0. The number of hydrogen-bond acceptors (Lipinski definition) is 0. The van der Waals surface area contributed by atoms with Crippen LogP contribution in [0.2, 0.25) is 0 Å². The largest absolute Gasteiger partial charge is 0.309 e. The average molecular weight is 904 g/mol. The number of para-hydroxylation sites is 7. The smallest absolute Gasteiger partial charge is 0.0641 e. The fourth-order valence-corrected chi connectivity index (χ4v) is 12.4. The Labute approximate surface area is 407 Å². The highest BCUT2D eigenvalue weighted by Gasteiger charge is 2.23. The number of nitrogens with zero attached hydrogens (tertiary/aromatic N) is 5. The third-order valence-corrected chi connectivity index (χ3v) is 15.2. The molecule has 0 N–H and O–H groups in total. The van der Waals surface area contributed by atoms with Gasteiger partial charge in [-0.2, -0.15) is 0 Å². The molecule has 0 aliphatic rings. The van der Waals surface area contributed by atoms with Crippen LogP contribution < -0.4 is 0 Å². The van der Waals surface area contributed by atoms with Gasteiger partial charge in [0.2, 0.25) is 0 Å². The molecule has 0 saturated carbocycles. The first-order valence-electron chi connectivity index (χ1n) is 24.4. The number of benzene rings is 11. The van der Waals surface area contributed by atoms with E-state index in [9.17, 15) is 0 Å². The van der Waals surface area contributed by atoms with E-state index in [-0.39, 0.29) is 0 Å². The average Bonchev–Trinajstić information content (AvgIpc) is 4.22. The van der Waals surface area contributed by atoms with Crippen molar-refractivity contribution in [1.82, 2.24) is 22.8 Å². The Morgan fingerprint density at radius 3 is 0.986 bits per heavy atom. The second kappa shape index (κ2) is 14.5. The summed E-state index contributed by atoms with van der Waals surface area (Å²) in [6.45, 7) is 0. The maximum Gasteiger partial charge on any atom is 0.0641 e. The van der Waals surface area contributed by atoms with Gasteiger partial charge in [-0.3, -0.25) is 0 Å². The SMILES string of the molecule is c1ccc(-n2c3ccccc3c3cc4c(cc32)c2ccccc2n4-c2cccc(-n3c4ccccc4c4c3ccc3c5ccccc5n(-c5cccc(-n6c7ccccc7c7ccccc76)c5)c34)c2)cc1. The summed E-state index contributed by atoms with van der Waals surface area (Å²) >= 11 is 0. The monoisotopic (exact) mass is 903 g/mol. The van der Waals surface area contributed by atoms with Gasteiger partial charge in [0, 0.05) is 82.3 Å². The molecular formula is C66H41N5. The molecule has 16 rings (SSSR count). The third-order valence-electron chi connectivity index (χ3n) is 15.2. The molecule has 5 heterocycles. The van der Waals surface area contributed by atoms with Gasteiger partial charge in [-0.1, -0.05) is 146 Å². The Morgan fingerprint density at radius 1 is 0.169 bits per heavy atom. The number of aromatic nitrogens is 5. The van der Waals surface area contributed by atoms with Crippen LogP contribution in [0.25, 0.3) is 137 Å². The summed E-state index contributed by atoms with van der Waals surface area (Å²) in [5.74, 6) is 0. The summed E-state index contributed by atoms with van der Waals surface area (Å²) in [6.07, 6.45) is 0. The van der Waals surface area contributed by atoms with E-state index in [0.29, 0.717) is 0 Å².